The van der Waals surface area contributed by atoms with Crippen molar-refractivity contribution in [3.8, 4) is 5.75 Å². The van der Waals surface area contributed by atoms with Crippen LogP contribution in [0.2, 0.25) is 0 Å². The minimum absolute atomic E-state index is 0.0690. The summed E-state index contributed by atoms with van der Waals surface area (Å²) < 4.78 is 18.7. The van der Waals surface area contributed by atoms with Gasteiger partial charge in [0, 0.05) is 29.8 Å². The van der Waals surface area contributed by atoms with E-state index >= 15 is 0 Å². The zero-order chi connectivity index (χ0) is 29.8. The Kier molecular flexibility index (Phi) is 8.50. The number of carbonyl (C=O) groups excluding carboxylic acids is 1. The van der Waals surface area contributed by atoms with Gasteiger partial charge in [0.1, 0.15) is 24.6 Å². The second kappa shape index (κ2) is 12.6. The Labute approximate surface area is 253 Å². The van der Waals surface area contributed by atoms with E-state index in [0.29, 0.717) is 25.1 Å². The molecule has 2 aliphatic rings. The molecule has 43 heavy (non-hydrogen) atoms. The van der Waals surface area contributed by atoms with E-state index in [4.69, 9.17) is 14.2 Å². The van der Waals surface area contributed by atoms with Gasteiger partial charge in [0.2, 0.25) is 0 Å². The molecule has 0 spiro atoms. The largest absolute Gasteiger partial charge is 0.488 e. The first-order chi connectivity index (χ1) is 21.0. The fourth-order valence-electron chi connectivity index (χ4n) is 6.29. The van der Waals surface area contributed by atoms with E-state index in [-0.39, 0.29) is 6.61 Å². The first-order valence-electron chi connectivity index (χ1n) is 15.2. The molecule has 1 saturated heterocycles. The molecule has 4 aromatic rings. The maximum atomic E-state index is 12.6. The summed E-state index contributed by atoms with van der Waals surface area (Å²) in [7, 11) is 0. The van der Waals surface area contributed by atoms with Gasteiger partial charge < -0.3 is 24.2 Å². The van der Waals surface area contributed by atoms with E-state index in [1.54, 1.807) is 12.1 Å². The van der Waals surface area contributed by atoms with Gasteiger partial charge in [0.15, 0.2) is 6.23 Å². The van der Waals surface area contributed by atoms with Gasteiger partial charge in [-0.05, 0) is 54.7 Å². The van der Waals surface area contributed by atoms with Crippen LogP contribution in [0.4, 0.5) is 5.69 Å². The molecule has 0 aromatic heterocycles. The van der Waals surface area contributed by atoms with Gasteiger partial charge in [0.25, 0.3) is 0 Å². The van der Waals surface area contributed by atoms with Gasteiger partial charge >= 0.3 is 5.97 Å². The van der Waals surface area contributed by atoms with Crippen molar-refractivity contribution < 1.29 is 24.1 Å². The number of carbonyl (C=O) groups is 1. The van der Waals surface area contributed by atoms with Crippen molar-refractivity contribution in [2.45, 2.75) is 70.6 Å². The van der Waals surface area contributed by atoms with Gasteiger partial charge in [-0.15, -0.1) is 0 Å². The third kappa shape index (κ3) is 5.90. The number of aliphatic hydroxyl groups is 1. The first kappa shape index (κ1) is 29.0. The lowest BCUT2D eigenvalue weighted by Gasteiger charge is -2.31. The van der Waals surface area contributed by atoms with E-state index < -0.39 is 23.9 Å². The minimum atomic E-state index is -1.22. The standard InChI is InChI=1S/C37H39NO5/c1-3-4-15-28-21-20-26(2)31(34(28)41-24-27-13-7-5-8-14-27)23-38-33-19-12-11-18-32(33)37(40)22-30(43-36(37)38)25-42-35(39)29-16-9-6-10-17-29/h5-14,16-21,30,36,40H,3-4,15,22-25H2,1-2H3/t30-,36-,37+/m0/s1. The highest BCUT2D eigenvalue weighted by atomic mass is 16.6. The molecule has 6 heteroatoms. The molecular weight excluding hydrogens is 538 g/mol. The number of rotatable bonds is 11. The number of unbranched alkanes of at least 4 members (excludes halogenated alkanes) is 1. The normalized spacial score (nSPS) is 20.5. The van der Waals surface area contributed by atoms with Gasteiger partial charge in [-0.3, -0.25) is 0 Å². The molecule has 3 atom stereocenters. The number of benzene rings is 4. The monoisotopic (exact) mass is 577 g/mol. The predicted octanol–water partition coefficient (Wildman–Crippen LogP) is 7.10. The summed E-state index contributed by atoms with van der Waals surface area (Å²) in [5.74, 6) is 0.516. The van der Waals surface area contributed by atoms with Crippen LogP contribution in [-0.2, 0) is 34.6 Å². The zero-order valence-electron chi connectivity index (χ0n) is 24.9. The molecule has 1 fully saturated rings. The van der Waals surface area contributed by atoms with Crippen LogP contribution in [0.5, 0.6) is 5.75 Å². The number of aryl methyl sites for hydroxylation is 2. The average Bonchev–Trinajstić information content (AvgIpc) is 3.49. The van der Waals surface area contributed by atoms with Crippen LogP contribution in [0.15, 0.2) is 97.1 Å². The first-order valence-corrected chi connectivity index (χ1v) is 15.2. The highest BCUT2D eigenvalue weighted by Gasteiger charge is 2.57. The van der Waals surface area contributed by atoms with E-state index in [9.17, 15) is 9.90 Å². The molecule has 222 valence electrons. The molecule has 0 bridgehead atoms. The number of ether oxygens (including phenoxy) is 3. The van der Waals surface area contributed by atoms with Crippen molar-refractivity contribution in [3.63, 3.8) is 0 Å². The van der Waals surface area contributed by atoms with E-state index in [2.05, 4.69) is 43.0 Å². The van der Waals surface area contributed by atoms with Crippen molar-refractivity contribution in [3.05, 3.63) is 130 Å². The summed E-state index contributed by atoms with van der Waals surface area (Å²) in [4.78, 5) is 14.8. The van der Waals surface area contributed by atoms with Crippen molar-refractivity contribution in [2.24, 2.45) is 0 Å². The highest BCUT2D eigenvalue weighted by Crippen LogP contribution is 2.52. The van der Waals surface area contributed by atoms with E-state index in [0.717, 1.165) is 53.0 Å². The molecule has 6 rings (SSSR count). The maximum absolute atomic E-state index is 12.6. The molecule has 6 nitrogen and oxygen atoms in total. The molecule has 0 radical (unpaired) electrons. The molecule has 2 heterocycles. The molecule has 0 unspecified atom stereocenters. The SMILES string of the molecule is CCCCc1ccc(C)c(CN2c3ccccc3[C@]3(O)C[C@@H](COC(=O)c4ccccc4)O[C@H]23)c1OCc1ccccc1. The Hall–Kier alpha value is -4.13. The summed E-state index contributed by atoms with van der Waals surface area (Å²) >= 11 is 0. The number of hydrogen-bond donors (Lipinski definition) is 1. The quantitative estimate of drug-likeness (QED) is 0.192. The second-order valence-corrected chi connectivity index (χ2v) is 11.6. The maximum Gasteiger partial charge on any atom is 0.338 e. The Morgan fingerprint density at radius 3 is 2.47 bits per heavy atom. The van der Waals surface area contributed by atoms with Crippen molar-refractivity contribution in [2.75, 3.05) is 11.5 Å². The van der Waals surface area contributed by atoms with Crippen LogP contribution in [0.25, 0.3) is 0 Å². The van der Waals surface area contributed by atoms with E-state index in [1.165, 1.54) is 5.56 Å². The Morgan fingerprint density at radius 2 is 1.70 bits per heavy atom. The van der Waals surface area contributed by atoms with Crippen LogP contribution < -0.4 is 9.64 Å². The Morgan fingerprint density at radius 1 is 0.977 bits per heavy atom. The zero-order valence-corrected chi connectivity index (χ0v) is 24.9. The summed E-state index contributed by atoms with van der Waals surface area (Å²) in [5.41, 5.74) is 5.58. The smallest absolute Gasteiger partial charge is 0.338 e. The van der Waals surface area contributed by atoms with E-state index in [1.807, 2.05) is 60.7 Å². The number of nitrogens with zero attached hydrogens (tertiary/aromatic N) is 1. The highest BCUT2D eigenvalue weighted by molar-refractivity contribution is 5.89. The van der Waals surface area contributed by atoms with Crippen LogP contribution in [-0.4, -0.2) is 30.0 Å². The lowest BCUT2D eigenvalue weighted by Crippen LogP contribution is -2.41. The number of hydrogen-bond acceptors (Lipinski definition) is 6. The fourth-order valence-corrected chi connectivity index (χ4v) is 6.29. The predicted molar refractivity (Wildman–Crippen MR) is 167 cm³/mol. The van der Waals surface area contributed by atoms with Gasteiger partial charge in [-0.2, -0.15) is 0 Å². The topological polar surface area (TPSA) is 68.2 Å². The van der Waals surface area contributed by atoms with Crippen molar-refractivity contribution in [1.82, 2.24) is 0 Å². The average molecular weight is 578 g/mol. The minimum Gasteiger partial charge on any atom is -0.488 e. The Bertz CT molecular complexity index is 1560. The van der Waals surface area contributed by atoms with Crippen LogP contribution in [0, 0.1) is 6.92 Å². The molecule has 2 aliphatic heterocycles. The molecule has 0 aliphatic carbocycles. The number of para-hydroxylation sites is 1. The lowest BCUT2D eigenvalue weighted by molar-refractivity contribution is -0.0509. The van der Waals surface area contributed by atoms with Gasteiger partial charge in [-0.25, -0.2) is 4.79 Å². The summed E-state index contributed by atoms with van der Waals surface area (Å²) in [5, 5.41) is 12.1. The summed E-state index contributed by atoms with van der Waals surface area (Å²) in [6, 6.07) is 31.5. The molecule has 0 saturated carbocycles. The van der Waals surface area contributed by atoms with Crippen LogP contribution in [0.1, 0.15) is 64.4 Å². The number of fused-ring (bicyclic) bond motifs is 3. The lowest BCUT2D eigenvalue weighted by atomic mass is 9.91. The van der Waals surface area contributed by atoms with Crippen molar-refractivity contribution >= 4 is 11.7 Å². The van der Waals surface area contributed by atoms with Gasteiger partial charge in [-0.1, -0.05) is 92.2 Å². The number of esters is 1. The molecule has 1 N–H and O–H groups in total. The fraction of sp³-hybridized carbons (Fsp3) is 0.324. The van der Waals surface area contributed by atoms with Crippen LogP contribution >= 0.6 is 0 Å². The summed E-state index contributed by atoms with van der Waals surface area (Å²) in [6.45, 7) is 5.37. The molecule has 0 amide bonds. The number of anilines is 1. The van der Waals surface area contributed by atoms with Crippen LogP contribution in [0.3, 0.4) is 0 Å². The van der Waals surface area contributed by atoms with Gasteiger partial charge in [0.05, 0.1) is 11.7 Å². The Balaban J connectivity index is 1.28. The van der Waals surface area contributed by atoms with Crippen molar-refractivity contribution in [1.29, 1.82) is 0 Å². The summed E-state index contributed by atoms with van der Waals surface area (Å²) in [6.07, 6.45) is 2.38. The third-order valence-corrected chi connectivity index (χ3v) is 8.57. The third-order valence-electron chi connectivity index (χ3n) is 8.57. The second-order valence-electron chi connectivity index (χ2n) is 11.6. The molecular formula is C37H39NO5. The molecule has 4 aromatic carbocycles.